The largest absolute Gasteiger partial charge is 0.385 e. The number of rotatable bonds is 11. The Morgan fingerprint density at radius 1 is 0.974 bits per heavy atom. The number of hydrogen-bond acceptors (Lipinski definition) is 4. The Bertz CT molecular complexity index is 1390. The van der Waals surface area contributed by atoms with Crippen LogP contribution in [-0.2, 0) is 16.0 Å². The molecule has 0 unspecified atom stereocenters. The molecule has 0 aliphatic carbocycles. The van der Waals surface area contributed by atoms with E-state index in [-0.39, 0.29) is 18.4 Å². The van der Waals surface area contributed by atoms with Crippen LogP contribution in [0.5, 0.6) is 0 Å². The van der Waals surface area contributed by atoms with Gasteiger partial charge in [0.15, 0.2) is 0 Å². The molecule has 3 amide bonds. The lowest BCUT2D eigenvalue weighted by atomic mass is 10.1. The van der Waals surface area contributed by atoms with Crippen LogP contribution in [0.3, 0.4) is 0 Å². The lowest BCUT2D eigenvalue weighted by Gasteiger charge is -2.23. The third-order valence-electron chi connectivity index (χ3n) is 6.16. The minimum absolute atomic E-state index is 0.181. The average molecular weight is 530 g/mol. The molecular weight excluding hydrogens is 497 g/mol. The number of halogens is 1. The molecule has 1 aromatic heterocycles. The van der Waals surface area contributed by atoms with Crippen molar-refractivity contribution < 1.29 is 18.7 Å². The van der Waals surface area contributed by atoms with Crippen molar-refractivity contribution in [1.29, 1.82) is 0 Å². The Labute approximate surface area is 227 Å². The van der Waals surface area contributed by atoms with E-state index >= 15 is 0 Å². The number of nitrogens with zero attached hydrogens (tertiary/aromatic N) is 3. The third-order valence-corrected chi connectivity index (χ3v) is 6.16. The molecule has 8 nitrogen and oxygen atoms in total. The first-order valence-electron chi connectivity index (χ1n) is 12.8. The number of aryl methyl sites for hydroxylation is 1. The number of ether oxygens (including phenoxy) is 1. The molecule has 2 N–H and O–H groups in total. The van der Waals surface area contributed by atoms with Crippen molar-refractivity contribution in [2.45, 2.75) is 19.8 Å². The van der Waals surface area contributed by atoms with E-state index in [1.54, 1.807) is 30.0 Å². The van der Waals surface area contributed by atoms with Crippen LogP contribution in [0.2, 0.25) is 0 Å². The molecule has 0 saturated heterocycles. The van der Waals surface area contributed by atoms with Crippen molar-refractivity contribution in [2.24, 2.45) is 0 Å². The molecule has 1 heterocycles. The van der Waals surface area contributed by atoms with Gasteiger partial charge in [-0.05, 0) is 48.7 Å². The van der Waals surface area contributed by atoms with Gasteiger partial charge in [-0.15, -0.1) is 0 Å². The molecule has 0 aliphatic rings. The number of urea groups is 1. The minimum atomic E-state index is -0.394. The zero-order valence-electron chi connectivity index (χ0n) is 22.1. The molecule has 0 saturated carbocycles. The van der Waals surface area contributed by atoms with Gasteiger partial charge in [0.25, 0.3) is 0 Å². The summed E-state index contributed by atoms with van der Waals surface area (Å²) in [6.07, 6.45) is 1.33. The van der Waals surface area contributed by atoms with Gasteiger partial charge in [0.1, 0.15) is 18.2 Å². The molecule has 3 aromatic carbocycles. The van der Waals surface area contributed by atoms with Gasteiger partial charge in [0.2, 0.25) is 5.91 Å². The van der Waals surface area contributed by atoms with E-state index in [1.165, 1.54) is 17.0 Å². The van der Waals surface area contributed by atoms with Crippen molar-refractivity contribution in [3.63, 3.8) is 0 Å². The van der Waals surface area contributed by atoms with Crippen molar-refractivity contribution in [1.82, 2.24) is 14.7 Å². The lowest BCUT2D eigenvalue weighted by molar-refractivity contribution is -0.116. The van der Waals surface area contributed by atoms with Gasteiger partial charge in [0.05, 0.1) is 11.4 Å². The van der Waals surface area contributed by atoms with Crippen molar-refractivity contribution in [3.05, 3.63) is 96.3 Å². The van der Waals surface area contributed by atoms with E-state index < -0.39 is 5.91 Å². The summed E-state index contributed by atoms with van der Waals surface area (Å²) in [5.41, 5.74) is 3.80. The van der Waals surface area contributed by atoms with Crippen LogP contribution >= 0.6 is 0 Å². The fourth-order valence-electron chi connectivity index (χ4n) is 4.15. The quantitative estimate of drug-likeness (QED) is 0.242. The van der Waals surface area contributed by atoms with Crippen LogP contribution in [-0.4, -0.2) is 53.4 Å². The second kappa shape index (κ2) is 13.3. The van der Waals surface area contributed by atoms with Crippen LogP contribution in [0.4, 0.5) is 20.7 Å². The SMILES string of the molecule is CCc1ccccc1NC(=O)N(CCCOC)CC(=O)Nc1cc(-c2ccccc2)nn1-c1ccc(F)cc1. The maximum Gasteiger partial charge on any atom is 0.322 e. The molecule has 0 aliphatic heterocycles. The molecule has 39 heavy (non-hydrogen) atoms. The van der Waals surface area contributed by atoms with Gasteiger partial charge in [-0.25, -0.2) is 13.9 Å². The van der Waals surface area contributed by atoms with Crippen LogP contribution in [0.25, 0.3) is 16.9 Å². The Morgan fingerprint density at radius 3 is 2.41 bits per heavy atom. The minimum Gasteiger partial charge on any atom is -0.385 e. The fraction of sp³-hybridized carbons (Fsp3) is 0.233. The molecule has 0 fully saturated rings. The van der Waals surface area contributed by atoms with Gasteiger partial charge in [-0.2, -0.15) is 5.10 Å². The van der Waals surface area contributed by atoms with Crippen molar-refractivity contribution in [2.75, 3.05) is 37.4 Å². The summed E-state index contributed by atoms with van der Waals surface area (Å²) in [5, 5.41) is 10.5. The summed E-state index contributed by atoms with van der Waals surface area (Å²) < 4.78 is 20.3. The fourth-order valence-corrected chi connectivity index (χ4v) is 4.15. The van der Waals surface area contributed by atoms with Gasteiger partial charge < -0.3 is 20.3 Å². The number of carbonyl (C=O) groups excluding carboxylic acids is 2. The molecule has 4 aromatic rings. The number of anilines is 2. The second-order valence-electron chi connectivity index (χ2n) is 8.93. The van der Waals surface area contributed by atoms with Crippen LogP contribution in [0.15, 0.2) is 84.9 Å². The van der Waals surface area contributed by atoms with E-state index in [0.717, 1.165) is 17.5 Å². The van der Waals surface area contributed by atoms with Crippen LogP contribution < -0.4 is 10.6 Å². The normalized spacial score (nSPS) is 10.7. The Morgan fingerprint density at radius 2 is 1.69 bits per heavy atom. The van der Waals surface area contributed by atoms with E-state index in [0.29, 0.717) is 42.5 Å². The highest BCUT2D eigenvalue weighted by Gasteiger charge is 2.20. The van der Waals surface area contributed by atoms with Gasteiger partial charge in [-0.1, -0.05) is 55.5 Å². The van der Waals surface area contributed by atoms with Crippen LogP contribution in [0, 0.1) is 5.82 Å². The molecule has 0 radical (unpaired) electrons. The molecular formula is C30H32FN5O3. The van der Waals surface area contributed by atoms with E-state index in [1.807, 2.05) is 61.5 Å². The molecule has 0 bridgehead atoms. The highest BCUT2D eigenvalue weighted by atomic mass is 19.1. The number of nitrogens with one attached hydrogen (secondary N) is 2. The lowest BCUT2D eigenvalue weighted by Crippen LogP contribution is -2.41. The van der Waals surface area contributed by atoms with E-state index in [2.05, 4.69) is 15.7 Å². The number of amides is 3. The summed E-state index contributed by atoms with van der Waals surface area (Å²) in [7, 11) is 1.59. The predicted octanol–water partition coefficient (Wildman–Crippen LogP) is 5.75. The van der Waals surface area contributed by atoms with Crippen LogP contribution in [0.1, 0.15) is 18.9 Å². The highest BCUT2D eigenvalue weighted by Crippen LogP contribution is 2.25. The molecule has 202 valence electrons. The van der Waals surface area contributed by atoms with Crippen molar-refractivity contribution >= 4 is 23.4 Å². The number of aromatic nitrogens is 2. The number of methoxy groups -OCH3 is 1. The number of benzene rings is 3. The second-order valence-corrected chi connectivity index (χ2v) is 8.93. The Kier molecular flexibility index (Phi) is 9.42. The number of hydrogen-bond donors (Lipinski definition) is 2. The monoisotopic (exact) mass is 529 g/mol. The van der Waals surface area contributed by atoms with E-state index in [4.69, 9.17) is 4.74 Å². The van der Waals surface area contributed by atoms with Gasteiger partial charge >= 0.3 is 6.03 Å². The molecule has 9 heteroatoms. The number of carbonyl (C=O) groups is 2. The first kappa shape index (κ1) is 27.5. The van der Waals surface area contributed by atoms with Crippen molar-refractivity contribution in [3.8, 4) is 16.9 Å². The molecule has 0 spiro atoms. The van der Waals surface area contributed by atoms with Gasteiger partial charge in [-0.3, -0.25) is 4.79 Å². The summed E-state index contributed by atoms with van der Waals surface area (Å²) >= 11 is 0. The zero-order valence-corrected chi connectivity index (χ0v) is 22.1. The molecule has 4 rings (SSSR count). The zero-order chi connectivity index (χ0) is 27.6. The predicted molar refractivity (Wildman–Crippen MR) is 150 cm³/mol. The standard InChI is InChI=1S/C30H32FN5O3/c1-3-22-10-7-8-13-26(22)32-30(38)35(18-9-19-39-2)21-29(37)33-28-20-27(23-11-5-4-6-12-23)34-36(28)25-16-14-24(31)15-17-25/h4-8,10-17,20H,3,9,18-19,21H2,1-2H3,(H,32,38)(H,33,37). The number of para-hydroxylation sites is 1. The smallest absolute Gasteiger partial charge is 0.322 e. The maximum absolute atomic E-state index is 13.6. The average Bonchev–Trinajstić information content (AvgIpc) is 3.37. The summed E-state index contributed by atoms with van der Waals surface area (Å²) in [5.74, 6) is -0.365. The third kappa shape index (κ3) is 7.30. The highest BCUT2D eigenvalue weighted by molar-refractivity contribution is 5.97. The summed E-state index contributed by atoms with van der Waals surface area (Å²) in [6, 6.07) is 24.3. The summed E-state index contributed by atoms with van der Waals surface area (Å²) in [6.45, 7) is 2.62. The first-order valence-corrected chi connectivity index (χ1v) is 12.8. The van der Waals surface area contributed by atoms with E-state index in [9.17, 15) is 14.0 Å². The Hall–Kier alpha value is -4.50. The Balaban J connectivity index is 1.56. The molecule has 0 atom stereocenters. The topological polar surface area (TPSA) is 88.5 Å². The maximum atomic E-state index is 13.6. The summed E-state index contributed by atoms with van der Waals surface area (Å²) in [4.78, 5) is 27.9. The first-order chi connectivity index (χ1) is 19.0. The van der Waals surface area contributed by atoms with Gasteiger partial charge in [0, 0.05) is 37.6 Å².